The van der Waals surface area contributed by atoms with E-state index in [1.807, 2.05) is 30.3 Å². The molecule has 4 rings (SSSR count). The molecule has 49 heavy (non-hydrogen) atoms. The molecule has 0 spiro atoms. The maximum absolute atomic E-state index is 14.0. The van der Waals surface area contributed by atoms with Gasteiger partial charge in [-0.05, 0) is 54.2 Å². The van der Waals surface area contributed by atoms with Gasteiger partial charge in [-0.25, -0.2) is 4.79 Å². The number of nitrogens with two attached hydrogens (primary N) is 3. The number of hydrogen-bond acceptors (Lipinski definition) is 7. The molecule has 4 aromatic rings. The number of fused-ring (bicyclic) bond motifs is 1. The van der Waals surface area contributed by atoms with E-state index in [0.717, 1.165) is 22.0 Å². The smallest absolute Gasteiger partial charge is 0.326 e. The molecule has 0 saturated carbocycles. The molecule has 0 radical (unpaired) electrons. The van der Waals surface area contributed by atoms with Gasteiger partial charge in [-0.3, -0.25) is 19.4 Å². The number of hydrogen-bond donors (Lipinski definition) is 9. The van der Waals surface area contributed by atoms with Crippen LogP contribution in [0.5, 0.6) is 5.75 Å². The van der Waals surface area contributed by atoms with Crippen LogP contribution in [0.2, 0.25) is 0 Å². The zero-order valence-electron chi connectivity index (χ0n) is 26.8. The number of nitrogens with zero attached hydrogens (tertiary/aromatic N) is 1. The highest BCUT2D eigenvalue weighted by Gasteiger charge is 2.31. The highest BCUT2D eigenvalue weighted by molar-refractivity contribution is 5.95. The average molecular weight is 671 g/mol. The number of para-hydroxylation sites is 1. The molecule has 4 atom stereocenters. The Morgan fingerprint density at radius 1 is 0.735 bits per heavy atom. The second-order valence-electron chi connectivity index (χ2n) is 11.7. The van der Waals surface area contributed by atoms with Gasteiger partial charge in [0.05, 0.1) is 6.04 Å². The lowest BCUT2D eigenvalue weighted by Crippen LogP contribution is -2.58. The maximum Gasteiger partial charge on any atom is 0.326 e. The molecule has 0 bridgehead atoms. The van der Waals surface area contributed by atoms with Crippen LogP contribution < -0.4 is 33.2 Å². The minimum atomic E-state index is -1.27. The number of phenols is 1. The lowest BCUT2D eigenvalue weighted by Gasteiger charge is -2.25. The first-order valence-electron chi connectivity index (χ1n) is 15.8. The summed E-state index contributed by atoms with van der Waals surface area (Å²) >= 11 is 0. The molecule has 0 aliphatic heterocycles. The number of amides is 3. The summed E-state index contributed by atoms with van der Waals surface area (Å²) in [5.41, 5.74) is 20.0. The van der Waals surface area contributed by atoms with Gasteiger partial charge in [0.25, 0.3) is 0 Å². The van der Waals surface area contributed by atoms with E-state index < -0.39 is 47.9 Å². The number of nitrogens with one attached hydrogen (secondary N) is 4. The number of aromatic nitrogens is 1. The van der Waals surface area contributed by atoms with Crippen molar-refractivity contribution in [3.63, 3.8) is 0 Å². The van der Waals surface area contributed by atoms with Crippen LogP contribution in [-0.2, 0) is 38.4 Å². The molecular formula is C35H42N8O6. The Bertz CT molecular complexity index is 1750. The fourth-order valence-corrected chi connectivity index (χ4v) is 5.35. The zero-order valence-corrected chi connectivity index (χ0v) is 26.8. The van der Waals surface area contributed by atoms with E-state index in [-0.39, 0.29) is 50.4 Å². The number of benzene rings is 3. The molecule has 1 heterocycles. The minimum absolute atomic E-state index is 0.0437. The molecule has 14 nitrogen and oxygen atoms in total. The van der Waals surface area contributed by atoms with Crippen LogP contribution in [0.15, 0.2) is 90.1 Å². The summed E-state index contributed by atoms with van der Waals surface area (Å²) in [6.07, 6.45) is 2.34. The fraction of sp³-hybridized carbons (Fsp3) is 0.286. The Kier molecular flexibility index (Phi) is 12.7. The van der Waals surface area contributed by atoms with E-state index in [1.54, 1.807) is 42.6 Å². The standard InChI is InChI=1S/C35H42N8O6/c36-26(17-22-12-14-24(44)15-13-22)31(45)42-30(19-23-20-40-27-10-5-4-9-25(23)27)33(47)43-29(18-21-7-2-1-3-8-21)32(46)41-28(34(48)49)11-6-16-39-35(37)38/h1-5,7-10,12-15,20,26,28-30,40,44H,6,11,16-19,36H2,(H,41,46)(H,42,45)(H,43,47)(H,48,49)(H4,37,38,39). The summed E-state index contributed by atoms with van der Waals surface area (Å²) in [7, 11) is 0. The number of aliphatic carboxylic acids is 1. The molecule has 258 valence electrons. The fourth-order valence-electron chi connectivity index (χ4n) is 5.35. The van der Waals surface area contributed by atoms with Crippen molar-refractivity contribution >= 4 is 40.6 Å². The number of carboxylic acids is 1. The third-order valence-electron chi connectivity index (χ3n) is 7.94. The third kappa shape index (κ3) is 10.8. The Morgan fingerprint density at radius 2 is 1.33 bits per heavy atom. The molecule has 1 aromatic heterocycles. The van der Waals surface area contributed by atoms with Gasteiger partial charge in [0.2, 0.25) is 17.7 Å². The summed E-state index contributed by atoms with van der Waals surface area (Å²) in [5.74, 6) is -3.28. The van der Waals surface area contributed by atoms with Gasteiger partial charge >= 0.3 is 5.97 Å². The van der Waals surface area contributed by atoms with Gasteiger partial charge in [-0.15, -0.1) is 0 Å². The average Bonchev–Trinajstić information content (AvgIpc) is 3.49. The molecule has 0 saturated heterocycles. The SMILES string of the molecule is NC(N)=NCCCC(NC(=O)C(Cc1ccccc1)NC(=O)C(Cc1c[nH]c2ccccc12)NC(=O)C(N)Cc1ccc(O)cc1)C(=O)O. The first kappa shape index (κ1) is 36.0. The molecule has 3 amide bonds. The quantitative estimate of drug-likeness (QED) is 0.0437. The van der Waals surface area contributed by atoms with Gasteiger partial charge in [0.15, 0.2) is 5.96 Å². The van der Waals surface area contributed by atoms with Crippen molar-refractivity contribution in [2.75, 3.05) is 6.54 Å². The predicted octanol–water partition coefficient (Wildman–Crippen LogP) is 0.821. The van der Waals surface area contributed by atoms with Crippen molar-refractivity contribution in [2.24, 2.45) is 22.2 Å². The number of rotatable bonds is 17. The number of carbonyl (C=O) groups is 4. The predicted molar refractivity (Wildman–Crippen MR) is 185 cm³/mol. The maximum atomic E-state index is 14.0. The van der Waals surface area contributed by atoms with Gasteiger partial charge in [-0.2, -0.15) is 0 Å². The van der Waals surface area contributed by atoms with Crippen LogP contribution in [0, 0.1) is 0 Å². The molecule has 0 aliphatic rings. The first-order valence-corrected chi connectivity index (χ1v) is 15.8. The van der Waals surface area contributed by atoms with Crippen LogP contribution in [0.3, 0.4) is 0 Å². The number of carbonyl (C=O) groups excluding carboxylic acids is 3. The zero-order chi connectivity index (χ0) is 35.3. The summed E-state index contributed by atoms with van der Waals surface area (Å²) in [5, 5.41) is 28.3. The molecule has 12 N–H and O–H groups in total. The molecule has 4 unspecified atom stereocenters. The number of aromatic hydroxyl groups is 1. The number of phenolic OH excluding ortho intramolecular Hbond substituents is 1. The molecule has 0 fully saturated rings. The van der Waals surface area contributed by atoms with Gasteiger partial charge in [0.1, 0.15) is 23.9 Å². The Labute approximate surface area is 283 Å². The topological polar surface area (TPSA) is 251 Å². The molecule has 14 heteroatoms. The van der Waals surface area contributed by atoms with E-state index in [4.69, 9.17) is 17.2 Å². The van der Waals surface area contributed by atoms with Crippen LogP contribution in [0.4, 0.5) is 0 Å². The molecule has 0 aliphatic carbocycles. The van der Waals surface area contributed by atoms with Crippen LogP contribution in [0.1, 0.15) is 29.5 Å². The lowest BCUT2D eigenvalue weighted by atomic mass is 10.0. The molecule has 3 aromatic carbocycles. The van der Waals surface area contributed by atoms with Gasteiger partial charge < -0.3 is 48.3 Å². The first-order chi connectivity index (χ1) is 23.5. The van der Waals surface area contributed by atoms with Crippen molar-refractivity contribution in [3.8, 4) is 5.75 Å². The van der Waals surface area contributed by atoms with Gasteiger partial charge in [0, 0.05) is 36.5 Å². The normalized spacial score (nSPS) is 13.4. The van der Waals surface area contributed by atoms with Crippen molar-refractivity contribution in [2.45, 2.75) is 56.3 Å². The second kappa shape index (κ2) is 17.3. The van der Waals surface area contributed by atoms with E-state index in [2.05, 4.69) is 25.9 Å². The van der Waals surface area contributed by atoms with Gasteiger partial charge in [-0.1, -0.05) is 60.7 Å². The second-order valence-corrected chi connectivity index (χ2v) is 11.7. The summed E-state index contributed by atoms with van der Waals surface area (Å²) in [6.45, 7) is 0.177. The van der Waals surface area contributed by atoms with Crippen molar-refractivity contribution < 1.29 is 29.4 Å². The summed E-state index contributed by atoms with van der Waals surface area (Å²) < 4.78 is 0. The largest absolute Gasteiger partial charge is 0.508 e. The third-order valence-corrected chi connectivity index (χ3v) is 7.94. The highest BCUT2D eigenvalue weighted by atomic mass is 16.4. The van der Waals surface area contributed by atoms with Crippen LogP contribution in [0.25, 0.3) is 10.9 Å². The Hall–Kier alpha value is -5.89. The summed E-state index contributed by atoms with van der Waals surface area (Å²) in [6, 6.07) is 18.1. The van der Waals surface area contributed by atoms with Crippen molar-refractivity contribution in [1.29, 1.82) is 0 Å². The number of aliphatic imine (C=N–C) groups is 1. The van der Waals surface area contributed by atoms with E-state index in [9.17, 15) is 29.4 Å². The van der Waals surface area contributed by atoms with Crippen LogP contribution >= 0.6 is 0 Å². The highest BCUT2D eigenvalue weighted by Crippen LogP contribution is 2.20. The van der Waals surface area contributed by atoms with Crippen molar-refractivity contribution in [1.82, 2.24) is 20.9 Å². The number of aromatic amines is 1. The van der Waals surface area contributed by atoms with E-state index in [1.165, 1.54) is 12.1 Å². The minimum Gasteiger partial charge on any atom is -0.508 e. The molecular weight excluding hydrogens is 628 g/mol. The van der Waals surface area contributed by atoms with Crippen LogP contribution in [-0.4, -0.2) is 75.6 Å². The Balaban J connectivity index is 1.56. The van der Waals surface area contributed by atoms with Crippen molar-refractivity contribution in [3.05, 3.63) is 102 Å². The monoisotopic (exact) mass is 670 g/mol. The number of guanidine groups is 1. The Morgan fingerprint density at radius 3 is 2.00 bits per heavy atom. The number of H-pyrrole nitrogens is 1. The van der Waals surface area contributed by atoms with E-state index >= 15 is 0 Å². The number of carboxylic acid groups (broad SMARTS) is 1. The summed E-state index contributed by atoms with van der Waals surface area (Å²) in [4.78, 5) is 60.1. The lowest BCUT2D eigenvalue weighted by molar-refractivity contribution is -0.142. The van der Waals surface area contributed by atoms with E-state index in [0.29, 0.717) is 5.56 Å².